The molecule has 26 heavy (non-hydrogen) atoms. The SMILES string of the molecule is COc1ccc(C2CN(C(=O)CCOC(C)(C)O)CC2(C)CO)cc1O. The molecule has 7 heteroatoms. The number of methoxy groups -OCH3 is 1. The van der Waals surface area contributed by atoms with E-state index in [1.54, 1.807) is 17.0 Å². The summed E-state index contributed by atoms with van der Waals surface area (Å²) < 4.78 is 10.3. The molecule has 0 aliphatic carbocycles. The molecular formula is C19H29NO6. The summed E-state index contributed by atoms with van der Waals surface area (Å²) >= 11 is 0. The fourth-order valence-electron chi connectivity index (χ4n) is 3.38. The number of carbonyl (C=O) groups excluding carboxylic acids is 1. The average Bonchev–Trinajstić information content (AvgIpc) is 2.92. The van der Waals surface area contributed by atoms with Gasteiger partial charge in [-0.1, -0.05) is 13.0 Å². The zero-order valence-corrected chi connectivity index (χ0v) is 15.9. The Balaban J connectivity index is 2.11. The van der Waals surface area contributed by atoms with Gasteiger partial charge < -0.3 is 29.7 Å². The van der Waals surface area contributed by atoms with Gasteiger partial charge >= 0.3 is 0 Å². The largest absolute Gasteiger partial charge is 0.504 e. The van der Waals surface area contributed by atoms with E-state index in [2.05, 4.69) is 0 Å². The second kappa shape index (κ2) is 7.82. The molecule has 2 atom stereocenters. The summed E-state index contributed by atoms with van der Waals surface area (Å²) in [6, 6.07) is 5.16. The van der Waals surface area contributed by atoms with Crippen LogP contribution in [0.25, 0.3) is 0 Å². The van der Waals surface area contributed by atoms with Crippen LogP contribution in [0.4, 0.5) is 0 Å². The molecule has 1 heterocycles. The molecule has 0 saturated carbocycles. The average molecular weight is 367 g/mol. The van der Waals surface area contributed by atoms with Crippen LogP contribution in [0.3, 0.4) is 0 Å². The summed E-state index contributed by atoms with van der Waals surface area (Å²) in [7, 11) is 1.48. The summed E-state index contributed by atoms with van der Waals surface area (Å²) in [4.78, 5) is 14.2. The quantitative estimate of drug-likeness (QED) is 0.631. The van der Waals surface area contributed by atoms with E-state index >= 15 is 0 Å². The topological polar surface area (TPSA) is 99.5 Å². The normalized spacial score (nSPS) is 23.3. The van der Waals surface area contributed by atoms with Gasteiger partial charge in [0, 0.05) is 24.4 Å². The lowest BCUT2D eigenvalue weighted by molar-refractivity contribution is -0.178. The van der Waals surface area contributed by atoms with Crippen LogP contribution in [0.1, 0.15) is 38.7 Å². The third kappa shape index (κ3) is 4.66. The van der Waals surface area contributed by atoms with Crippen molar-refractivity contribution in [2.45, 2.75) is 38.9 Å². The van der Waals surface area contributed by atoms with Gasteiger partial charge in [0.1, 0.15) is 0 Å². The van der Waals surface area contributed by atoms with Crippen molar-refractivity contribution in [3.63, 3.8) is 0 Å². The van der Waals surface area contributed by atoms with E-state index in [4.69, 9.17) is 9.47 Å². The molecule has 0 radical (unpaired) electrons. The Labute approximate surface area is 154 Å². The number of carbonyl (C=O) groups is 1. The van der Waals surface area contributed by atoms with Gasteiger partial charge in [-0.3, -0.25) is 4.79 Å². The van der Waals surface area contributed by atoms with Crippen molar-refractivity contribution in [1.29, 1.82) is 0 Å². The molecule has 2 unspecified atom stereocenters. The number of amides is 1. The van der Waals surface area contributed by atoms with Crippen LogP contribution < -0.4 is 4.74 Å². The number of aromatic hydroxyl groups is 1. The fraction of sp³-hybridized carbons (Fsp3) is 0.632. The van der Waals surface area contributed by atoms with E-state index in [-0.39, 0.29) is 37.2 Å². The zero-order valence-electron chi connectivity index (χ0n) is 15.9. The number of phenols is 1. The lowest BCUT2D eigenvalue weighted by Gasteiger charge is -2.28. The molecule has 3 N–H and O–H groups in total. The summed E-state index contributed by atoms with van der Waals surface area (Å²) in [5, 5.41) is 29.5. The molecular weight excluding hydrogens is 338 g/mol. The second-order valence-electron chi connectivity index (χ2n) is 7.62. The smallest absolute Gasteiger partial charge is 0.224 e. The molecule has 1 amide bonds. The van der Waals surface area contributed by atoms with Gasteiger partial charge in [0.2, 0.25) is 5.91 Å². The number of benzene rings is 1. The molecule has 7 nitrogen and oxygen atoms in total. The molecule has 1 aliphatic heterocycles. The van der Waals surface area contributed by atoms with Crippen molar-refractivity contribution in [3.05, 3.63) is 23.8 Å². The lowest BCUT2D eigenvalue weighted by atomic mass is 9.77. The number of aliphatic hydroxyl groups excluding tert-OH is 1. The molecule has 1 fully saturated rings. The van der Waals surface area contributed by atoms with Gasteiger partial charge in [-0.25, -0.2) is 0 Å². The molecule has 1 aliphatic rings. The molecule has 2 rings (SSSR count). The van der Waals surface area contributed by atoms with Crippen LogP contribution in [0.15, 0.2) is 18.2 Å². The lowest BCUT2D eigenvalue weighted by Crippen LogP contribution is -2.34. The van der Waals surface area contributed by atoms with Gasteiger partial charge in [0.15, 0.2) is 17.3 Å². The third-order valence-electron chi connectivity index (χ3n) is 4.89. The maximum atomic E-state index is 12.5. The number of hydrogen-bond donors (Lipinski definition) is 3. The van der Waals surface area contributed by atoms with Crippen LogP contribution in [0.5, 0.6) is 11.5 Å². The molecule has 0 spiro atoms. The third-order valence-corrected chi connectivity index (χ3v) is 4.89. The Kier molecular flexibility index (Phi) is 6.16. The number of nitrogens with zero attached hydrogens (tertiary/aromatic N) is 1. The first-order valence-electron chi connectivity index (χ1n) is 8.71. The highest BCUT2D eigenvalue weighted by Gasteiger charge is 2.45. The summed E-state index contributed by atoms with van der Waals surface area (Å²) in [5.74, 6) is -1.05. The van der Waals surface area contributed by atoms with E-state index in [1.807, 2.05) is 13.0 Å². The van der Waals surface area contributed by atoms with Crippen molar-refractivity contribution in [1.82, 2.24) is 4.90 Å². The fourth-order valence-corrected chi connectivity index (χ4v) is 3.38. The molecule has 0 bridgehead atoms. The summed E-state index contributed by atoms with van der Waals surface area (Å²) in [6.45, 7) is 5.88. The number of rotatable bonds is 7. The van der Waals surface area contributed by atoms with Crippen LogP contribution in [0.2, 0.25) is 0 Å². The molecule has 0 aromatic heterocycles. The predicted molar refractivity (Wildman–Crippen MR) is 96.0 cm³/mol. The van der Waals surface area contributed by atoms with Gasteiger partial charge in [-0.2, -0.15) is 0 Å². The highest BCUT2D eigenvalue weighted by Crippen LogP contribution is 2.44. The van der Waals surface area contributed by atoms with Crippen LogP contribution in [-0.2, 0) is 9.53 Å². The van der Waals surface area contributed by atoms with Crippen LogP contribution >= 0.6 is 0 Å². The Morgan fingerprint density at radius 2 is 2.12 bits per heavy atom. The van der Waals surface area contributed by atoms with Crippen molar-refractivity contribution < 1.29 is 29.6 Å². The van der Waals surface area contributed by atoms with Crippen LogP contribution in [0, 0.1) is 5.41 Å². The molecule has 146 valence electrons. The number of likely N-dealkylation sites (tertiary alicyclic amines) is 1. The van der Waals surface area contributed by atoms with Gasteiger partial charge in [0.05, 0.1) is 26.7 Å². The molecule has 1 aromatic carbocycles. The summed E-state index contributed by atoms with van der Waals surface area (Å²) in [5.41, 5.74) is 0.344. The molecule has 1 aromatic rings. The maximum absolute atomic E-state index is 12.5. The minimum Gasteiger partial charge on any atom is -0.504 e. The number of hydrogen-bond acceptors (Lipinski definition) is 6. The minimum atomic E-state index is -1.27. The first-order valence-corrected chi connectivity index (χ1v) is 8.71. The van der Waals surface area contributed by atoms with Crippen molar-refractivity contribution in [2.24, 2.45) is 5.41 Å². The second-order valence-corrected chi connectivity index (χ2v) is 7.62. The Bertz CT molecular complexity index is 641. The first-order chi connectivity index (χ1) is 12.1. The number of ether oxygens (including phenoxy) is 2. The van der Waals surface area contributed by atoms with E-state index < -0.39 is 11.2 Å². The number of phenolic OH excluding ortho intramolecular Hbond substituents is 1. The van der Waals surface area contributed by atoms with Gasteiger partial charge in [-0.05, 0) is 31.5 Å². The van der Waals surface area contributed by atoms with Crippen molar-refractivity contribution in [2.75, 3.05) is 33.4 Å². The first kappa shape index (κ1) is 20.5. The zero-order chi connectivity index (χ0) is 19.5. The Hall–Kier alpha value is -1.83. The van der Waals surface area contributed by atoms with Crippen molar-refractivity contribution >= 4 is 5.91 Å². The number of aliphatic hydroxyl groups is 2. The van der Waals surface area contributed by atoms with E-state index in [0.29, 0.717) is 18.8 Å². The standard InChI is InChI=1S/C19H29NO6/c1-18(2,24)26-8-7-17(23)20-10-14(19(3,11-20)12-21)13-5-6-16(25-4)15(22)9-13/h5-6,9,14,21-22,24H,7-8,10-12H2,1-4H3. The van der Waals surface area contributed by atoms with Crippen LogP contribution in [-0.4, -0.2) is 65.3 Å². The monoisotopic (exact) mass is 367 g/mol. The molecule has 1 saturated heterocycles. The highest BCUT2D eigenvalue weighted by atomic mass is 16.6. The Morgan fingerprint density at radius 3 is 2.65 bits per heavy atom. The predicted octanol–water partition coefficient (Wildman–Crippen LogP) is 1.46. The van der Waals surface area contributed by atoms with Gasteiger partial charge in [0.25, 0.3) is 0 Å². The summed E-state index contributed by atoms with van der Waals surface area (Å²) in [6.07, 6.45) is 0.159. The van der Waals surface area contributed by atoms with E-state index in [1.165, 1.54) is 21.0 Å². The van der Waals surface area contributed by atoms with Gasteiger partial charge in [-0.15, -0.1) is 0 Å². The Morgan fingerprint density at radius 1 is 1.42 bits per heavy atom. The highest BCUT2D eigenvalue weighted by molar-refractivity contribution is 5.77. The van der Waals surface area contributed by atoms with E-state index in [0.717, 1.165) is 5.56 Å². The maximum Gasteiger partial charge on any atom is 0.224 e. The minimum absolute atomic E-state index is 0.0358. The van der Waals surface area contributed by atoms with E-state index in [9.17, 15) is 20.1 Å². The van der Waals surface area contributed by atoms with Crippen molar-refractivity contribution in [3.8, 4) is 11.5 Å².